The van der Waals surface area contributed by atoms with Crippen molar-refractivity contribution >= 4 is 0 Å². The second kappa shape index (κ2) is 11.4. The van der Waals surface area contributed by atoms with E-state index in [2.05, 4.69) is 0 Å². The number of allylic oxidation sites excluding steroid dienone is 1. The van der Waals surface area contributed by atoms with E-state index in [4.69, 9.17) is 4.74 Å². The molecule has 0 radical (unpaired) electrons. The number of hydrogen-bond donors (Lipinski definition) is 0. The van der Waals surface area contributed by atoms with Gasteiger partial charge in [0.1, 0.15) is 0 Å². The summed E-state index contributed by atoms with van der Waals surface area (Å²) in [6.07, 6.45) is 12.2. The maximum atomic E-state index is 13.1. The molecule has 1 nitrogen and oxygen atoms in total. The van der Waals surface area contributed by atoms with Gasteiger partial charge in [0.25, 0.3) is 0 Å². The molecule has 2 saturated carbocycles. The molecule has 0 saturated heterocycles. The van der Waals surface area contributed by atoms with Crippen LogP contribution in [-0.2, 0) is 4.74 Å². The molecule has 26 heavy (non-hydrogen) atoms. The number of unbranched alkanes of at least 4 members (excludes halogenated alkanes) is 2. The Labute approximate surface area is 157 Å². The second-order valence-corrected chi connectivity index (χ2v) is 8.34. The van der Waals surface area contributed by atoms with Crippen molar-refractivity contribution in [3.63, 3.8) is 0 Å². The largest absolute Gasteiger partial charge is 0.414 e. The first-order valence-electron chi connectivity index (χ1n) is 10.9. The molecule has 0 aromatic rings. The maximum Gasteiger partial charge on any atom is 0.414 e. The van der Waals surface area contributed by atoms with Crippen molar-refractivity contribution in [1.82, 2.24) is 0 Å². The number of ether oxygens (including phenoxy) is 1. The van der Waals surface area contributed by atoms with Gasteiger partial charge >= 0.3 is 6.18 Å². The van der Waals surface area contributed by atoms with Crippen LogP contribution in [0, 0.1) is 17.8 Å². The van der Waals surface area contributed by atoms with Crippen LogP contribution >= 0.6 is 0 Å². The van der Waals surface area contributed by atoms with Crippen LogP contribution in [0.25, 0.3) is 0 Å². The summed E-state index contributed by atoms with van der Waals surface area (Å²) in [5.41, 5.74) is 0. The van der Waals surface area contributed by atoms with Crippen LogP contribution in [0.5, 0.6) is 0 Å². The molecule has 0 aliphatic heterocycles. The third-order valence-corrected chi connectivity index (χ3v) is 6.32. The van der Waals surface area contributed by atoms with E-state index in [1.807, 2.05) is 13.0 Å². The van der Waals surface area contributed by atoms with Crippen molar-refractivity contribution in [2.45, 2.75) is 103 Å². The van der Waals surface area contributed by atoms with Crippen LogP contribution in [-0.4, -0.2) is 18.9 Å². The van der Waals surface area contributed by atoms with Gasteiger partial charge in [0.2, 0.25) is 0 Å². The van der Waals surface area contributed by atoms with E-state index in [9.17, 15) is 13.2 Å². The molecule has 0 aromatic carbocycles. The zero-order chi connectivity index (χ0) is 18.8. The lowest BCUT2D eigenvalue weighted by Crippen LogP contribution is -2.31. The Bertz CT molecular complexity index is 391. The smallest absolute Gasteiger partial charge is 0.368 e. The summed E-state index contributed by atoms with van der Waals surface area (Å²) in [6, 6.07) is 0. The molecule has 0 N–H and O–H groups in total. The molecule has 2 aliphatic rings. The lowest BCUT2D eigenvalue weighted by atomic mass is 9.71. The fourth-order valence-corrected chi connectivity index (χ4v) is 4.68. The number of rotatable bonds is 9. The van der Waals surface area contributed by atoms with Gasteiger partial charge in [0.05, 0.1) is 0 Å². The van der Waals surface area contributed by atoms with Crippen molar-refractivity contribution in [1.29, 1.82) is 0 Å². The molecular formula is C22H37F3O. The Morgan fingerprint density at radius 2 is 1.58 bits per heavy atom. The van der Waals surface area contributed by atoms with Crippen molar-refractivity contribution in [3.05, 3.63) is 12.2 Å². The molecule has 152 valence electrons. The zero-order valence-electron chi connectivity index (χ0n) is 16.4. The highest BCUT2D eigenvalue weighted by atomic mass is 19.4. The van der Waals surface area contributed by atoms with Crippen molar-refractivity contribution in [2.75, 3.05) is 6.61 Å². The Kier molecular flexibility index (Phi) is 9.52. The molecule has 2 aliphatic carbocycles. The highest BCUT2D eigenvalue weighted by Gasteiger charge is 2.39. The Hall–Kier alpha value is -0.510. The summed E-state index contributed by atoms with van der Waals surface area (Å²) in [7, 11) is 0. The Balaban J connectivity index is 1.70. The molecule has 0 heterocycles. The predicted octanol–water partition coefficient (Wildman–Crippen LogP) is 7.46. The molecule has 0 aromatic heterocycles. The topological polar surface area (TPSA) is 9.23 Å². The van der Waals surface area contributed by atoms with Gasteiger partial charge in [-0.15, -0.1) is 0 Å². The summed E-state index contributed by atoms with van der Waals surface area (Å²) < 4.78 is 44.4. The summed E-state index contributed by atoms with van der Waals surface area (Å²) in [5.74, 6) is 2.24. The fourth-order valence-electron chi connectivity index (χ4n) is 4.68. The van der Waals surface area contributed by atoms with Gasteiger partial charge in [0, 0.05) is 13.0 Å². The van der Waals surface area contributed by atoms with Crippen LogP contribution in [0.4, 0.5) is 13.2 Å². The summed E-state index contributed by atoms with van der Waals surface area (Å²) in [6.45, 7) is 2.24. The van der Waals surface area contributed by atoms with E-state index in [-0.39, 0.29) is 13.0 Å². The predicted molar refractivity (Wildman–Crippen MR) is 101 cm³/mol. The van der Waals surface area contributed by atoms with E-state index >= 15 is 0 Å². The SMILES string of the molecule is CCCCCOC(CC=CC1CCC(C2CCCCC2)CC1)C(F)(F)F. The maximum absolute atomic E-state index is 13.1. The lowest BCUT2D eigenvalue weighted by Gasteiger charge is -2.35. The standard InChI is InChI=1S/C22H37F3O/c1-2-3-7-17-26-21(22(23,24)25)12-8-9-18-13-15-20(16-14-18)19-10-5-4-6-11-19/h8-9,18-21H,2-7,10-17H2,1H3. The van der Waals surface area contributed by atoms with Crippen LogP contribution in [0.3, 0.4) is 0 Å². The van der Waals surface area contributed by atoms with E-state index < -0.39 is 12.3 Å². The van der Waals surface area contributed by atoms with Gasteiger partial charge in [-0.2, -0.15) is 13.2 Å². The minimum Gasteiger partial charge on any atom is -0.368 e. The lowest BCUT2D eigenvalue weighted by molar-refractivity contribution is -0.219. The molecule has 4 heteroatoms. The Morgan fingerprint density at radius 1 is 0.923 bits per heavy atom. The van der Waals surface area contributed by atoms with Crippen molar-refractivity contribution in [3.8, 4) is 0 Å². The molecule has 1 unspecified atom stereocenters. The van der Waals surface area contributed by atoms with Gasteiger partial charge in [-0.05, 0) is 49.9 Å². The summed E-state index contributed by atoms with van der Waals surface area (Å²) >= 11 is 0. The molecule has 0 bridgehead atoms. The highest BCUT2D eigenvalue weighted by molar-refractivity contribution is 4.94. The average molecular weight is 375 g/mol. The molecular weight excluding hydrogens is 337 g/mol. The third kappa shape index (κ3) is 7.62. The minimum absolute atomic E-state index is 0.0435. The van der Waals surface area contributed by atoms with Crippen molar-refractivity contribution < 1.29 is 17.9 Å². The zero-order valence-corrected chi connectivity index (χ0v) is 16.4. The first-order chi connectivity index (χ1) is 12.5. The summed E-state index contributed by atoms with van der Waals surface area (Å²) in [4.78, 5) is 0. The van der Waals surface area contributed by atoms with Gasteiger partial charge in [-0.25, -0.2) is 0 Å². The normalized spacial score (nSPS) is 27.1. The van der Waals surface area contributed by atoms with E-state index in [1.165, 1.54) is 44.9 Å². The highest BCUT2D eigenvalue weighted by Crippen LogP contribution is 2.40. The van der Waals surface area contributed by atoms with Gasteiger partial charge in [-0.1, -0.05) is 64.0 Å². The monoisotopic (exact) mass is 374 g/mol. The van der Waals surface area contributed by atoms with Gasteiger partial charge in [-0.3, -0.25) is 0 Å². The van der Waals surface area contributed by atoms with Gasteiger partial charge < -0.3 is 4.74 Å². The van der Waals surface area contributed by atoms with E-state index in [0.717, 1.165) is 37.5 Å². The molecule has 0 amide bonds. The van der Waals surface area contributed by atoms with Crippen LogP contribution in [0.2, 0.25) is 0 Å². The molecule has 2 rings (SSSR count). The van der Waals surface area contributed by atoms with Crippen LogP contribution in [0.1, 0.15) is 90.4 Å². The number of alkyl halides is 3. The van der Waals surface area contributed by atoms with Crippen LogP contribution < -0.4 is 0 Å². The number of hydrogen-bond acceptors (Lipinski definition) is 1. The molecule has 2 fully saturated rings. The van der Waals surface area contributed by atoms with Crippen LogP contribution in [0.15, 0.2) is 12.2 Å². The first kappa shape index (κ1) is 21.8. The molecule has 0 spiro atoms. The third-order valence-electron chi connectivity index (χ3n) is 6.32. The quantitative estimate of drug-likeness (QED) is 0.301. The van der Waals surface area contributed by atoms with E-state index in [0.29, 0.717) is 12.3 Å². The minimum atomic E-state index is -4.27. The fraction of sp³-hybridized carbons (Fsp3) is 0.909. The van der Waals surface area contributed by atoms with E-state index in [1.54, 1.807) is 6.08 Å². The molecule has 1 atom stereocenters. The van der Waals surface area contributed by atoms with Crippen molar-refractivity contribution in [2.24, 2.45) is 17.8 Å². The number of halogens is 3. The second-order valence-electron chi connectivity index (χ2n) is 8.34. The van der Waals surface area contributed by atoms with Gasteiger partial charge in [0.15, 0.2) is 6.10 Å². The first-order valence-corrected chi connectivity index (χ1v) is 10.9. The Morgan fingerprint density at radius 3 is 2.19 bits per heavy atom. The average Bonchev–Trinajstić information content (AvgIpc) is 2.64. The summed E-state index contributed by atoms with van der Waals surface area (Å²) in [5, 5.41) is 0.